The monoisotopic (exact) mass is 269 g/mol. The maximum atomic E-state index is 12.3. The van der Waals surface area contributed by atoms with Gasteiger partial charge in [-0.05, 0) is 36.4 Å². The van der Waals surface area contributed by atoms with Gasteiger partial charge in [-0.3, -0.25) is 4.79 Å². The van der Waals surface area contributed by atoms with Gasteiger partial charge in [0.15, 0.2) is 0 Å². The largest absolute Gasteiger partial charge is 0.387 e. The van der Waals surface area contributed by atoms with Crippen LogP contribution in [-0.4, -0.2) is 27.1 Å². The van der Waals surface area contributed by atoms with Crippen LogP contribution in [0.25, 0.3) is 0 Å². The zero-order valence-corrected chi connectivity index (χ0v) is 12.0. The molecular formula is C16H19N3O. The minimum absolute atomic E-state index is 0.118. The summed E-state index contributed by atoms with van der Waals surface area (Å²) in [5.74, 6) is -0.118. The van der Waals surface area contributed by atoms with Gasteiger partial charge in [0, 0.05) is 38.2 Å². The molecule has 0 saturated carbocycles. The third-order valence-corrected chi connectivity index (χ3v) is 3.08. The van der Waals surface area contributed by atoms with Crippen LogP contribution in [0.15, 0.2) is 48.5 Å². The topological polar surface area (TPSA) is 44.4 Å². The van der Waals surface area contributed by atoms with Crippen LogP contribution < -0.4 is 15.5 Å². The lowest BCUT2D eigenvalue weighted by Crippen LogP contribution is -2.14. The van der Waals surface area contributed by atoms with Crippen LogP contribution in [0.1, 0.15) is 10.4 Å². The van der Waals surface area contributed by atoms with Gasteiger partial charge in [0.1, 0.15) is 0 Å². The number of nitrogens with zero attached hydrogens (tertiary/aromatic N) is 1. The van der Waals surface area contributed by atoms with Gasteiger partial charge in [-0.15, -0.1) is 0 Å². The van der Waals surface area contributed by atoms with Crippen molar-refractivity contribution in [3.8, 4) is 0 Å². The summed E-state index contributed by atoms with van der Waals surface area (Å²) in [5.41, 5.74) is 3.33. The van der Waals surface area contributed by atoms with Gasteiger partial charge in [0.05, 0.1) is 5.56 Å². The number of anilines is 3. The first-order valence-corrected chi connectivity index (χ1v) is 6.47. The quantitative estimate of drug-likeness (QED) is 0.896. The Labute approximate surface area is 119 Å². The number of carbonyl (C=O) groups excluding carboxylic acids is 1. The van der Waals surface area contributed by atoms with E-state index in [0.717, 1.165) is 17.1 Å². The summed E-state index contributed by atoms with van der Waals surface area (Å²) in [6, 6.07) is 15.2. The van der Waals surface area contributed by atoms with Crippen LogP contribution in [0.4, 0.5) is 17.1 Å². The van der Waals surface area contributed by atoms with Crippen molar-refractivity contribution in [1.29, 1.82) is 0 Å². The average molecular weight is 269 g/mol. The molecule has 1 amide bonds. The van der Waals surface area contributed by atoms with Gasteiger partial charge in [-0.25, -0.2) is 0 Å². The molecule has 2 aromatic rings. The Kier molecular flexibility index (Phi) is 4.25. The molecule has 0 bridgehead atoms. The molecule has 0 saturated heterocycles. The SMILES string of the molecule is CNc1ccccc1C(=O)Nc1ccc(N(C)C)cc1. The van der Waals surface area contributed by atoms with E-state index in [2.05, 4.69) is 10.6 Å². The Hall–Kier alpha value is -2.49. The zero-order valence-electron chi connectivity index (χ0n) is 12.0. The lowest BCUT2D eigenvalue weighted by atomic mass is 10.1. The molecule has 20 heavy (non-hydrogen) atoms. The highest BCUT2D eigenvalue weighted by molar-refractivity contribution is 6.08. The number of hydrogen-bond donors (Lipinski definition) is 2. The molecule has 0 heterocycles. The molecule has 2 N–H and O–H groups in total. The Morgan fingerprint density at radius 2 is 1.65 bits per heavy atom. The Morgan fingerprint density at radius 3 is 2.25 bits per heavy atom. The summed E-state index contributed by atoms with van der Waals surface area (Å²) >= 11 is 0. The van der Waals surface area contributed by atoms with Crippen molar-refractivity contribution in [3.63, 3.8) is 0 Å². The van der Waals surface area contributed by atoms with E-state index < -0.39 is 0 Å². The first kappa shape index (κ1) is 13.9. The molecule has 0 unspecified atom stereocenters. The lowest BCUT2D eigenvalue weighted by Gasteiger charge is -2.13. The second kappa shape index (κ2) is 6.10. The number of nitrogens with one attached hydrogen (secondary N) is 2. The highest BCUT2D eigenvalue weighted by atomic mass is 16.1. The van der Waals surface area contributed by atoms with Gasteiger partial charge in [0.25, 0.3) is 5.91 Å². The molecule has 0 fully saturated rings. The number of para-hydroxylation sites is 1. The summed E-state index contributed by atoms with van der Waals surface area (Å²) in [6.45, 7) is 0. The third kappa shape index (κ3) is 3.09. The lowest BCUT2D eigenvalue weighted by molar-refractivity contribution is 0.102. The third-order valence-electron chi connectivity index (χ3n) is 3.08. The number of benzene rings is 2. The predicted molar refractivity (Wildman–Crippen MR) is 84.7 cm³/mol. The van der Waals surface area contributed by atoms with Crippen LogP contribution in [0.2, 0.25) is 0 Å². The fourth-order valence-electron chi connectivity index (χ4n) is 1.94. The van der Waals surface area contributed by atoms with Gasteiger partial charge >= 0.3 is 0 Å². The normalized spacial score (nSPS) is 9.95. The molecule has 0 aliphatic carbocycles. The number of amides is 1. The predicted octanol–water partition coefficient (Wildman–Crippen LogP) is 3.05. The van der Waals surface area contributed by atoms with E-state index in [9.17, 15) is 4.79 Å². The molecule has 0 radical (unpaired) electrons. The van der Waals surface area contributed by atoms with Gasteiger partial charge in [-0.1, -0.05) is 12.1 Å². The van der Waals surface area contributed by atoms with Crippen LogP contribution >= 0.6 is 0 Å². The van der Waals surface area contributed by atoms with E-state index in [4.69, 9.17) is 0 Å². The van der Waals surface area contributed by atoms with Gasteiger partial charge in [0.2, 0.25) is 0 Å². The highest BCUT2D eigenvalue weighted by Crippen LogP contribution is 2.19. The van der Waals surface area contributed by atoms with Crippen LogP contribution in [0.3, 0.4) is 0 Å². The minimum Gasteiger partial charge on any atom is -0.387 e. The molecule has 2 aromatic carbocycles. The zero-order chi connectivity index (χ0) is 14.5. The number of carbonyl (C=O) groups is 1. The van der Waals surface area contributed by atoms with Crippen molar-refractivity contribution in [2.24, 2.45) is 0 Å². The number of rotatable bonds is 4. The Balaban J connectivity index is 2.15. The minimum atomic E-state index is -0.118. The van der Waals surface area contributed by atoms with E-state index in [1.807, 2.05) is 61.5 Å². The van der Waals surface area contributed by atoms with Gasteiger partial charge < -0.3 is 15.5 Å². The van der Waals surface area contributed by atoms with E-state index >= 15 is 0 Å². The molecule has 0 aliphatic rings. The first-order chi connectivity index (χ1) is 9.61. The molecule has 104 valence electrons. The maximum absolute atomic E-state index is 12.3. The van der Waals surface area contributed by atoms with Crippen molar-refractivity contribution < 1.29 is 4.79 Å². The number of hydrogen-bond acceptors (Lipinski definition) is 3. The molecule has 2 rings (SSSR count). The highest BCUT2D eigenvalue weighted by Gasteiger charge is 2.10. The van der Waals surface area contributed by atoms with Crippen molar-refractivity contribution in [2.75, 3.05) is 36.7 Å². The second-order valence-corrected chi connectivity index (χ2v) is 4.69. The molecular weight excluding hydrogens is 250 g/mol. The van der Waals surface area contributed by atoms with Crippen LogP contribution in [0.5, 0.6) is 0 Å². The van der Waals surface area contributed by atoms with Crippen molar-refractivity contribution >= 4 is 23.0 Å². The van der Waals surface area contributed by atoms with Crippen molar-refractivity contribution in [2.45, 2.75) is 0 Å². The Bertz CT molecular complexity index is 591. The summed E-state index contributed by atoms with van der Waals surface area (Å²) in [5, 5.41) is 5.92. The molecule has 4 heteroatoms. The summed E-state index contributed by atoms with van der Waals surface area (Å²) in [4.78, 5) is 14.3. The standard InChI is InChI=1S/C16H19N3O/c1-17-15-7-5-4-6-14(15)16(20)18-12-8-10-13(11-9-12)19(2)3/h4-11,17H,1-3H3,(H,18,20). The summed E-state index contributed by atoms with van der Waals surface area (Å²) in [7, 11) is 5.77. The maximum Gasteiger partial charge on any atom is 0.257 e. The second-order valence-electron chi connectivity index (χ2n) is 4.69. The summed E-state index contributed by atoms with van der Waals surface area (Å²) in [6.07, 6.45) is 0. The van der Waals surface area contributed by atoms with Crippen LogP contribution in [-0.2, 0) is 0 Å². The van der Waals surface area contributed by atoms with Crippen LogP contribution in [0, 0.1) is 0 Å². The van der Waals surface area contributed by atoms with E-state index in [1.54, 1.807) is 13.1 Å². The van der Waals surface area contributed by atoms with Crippen molar-refractivity contribution in [3.05, 3.63) is 54.1 Å². The fourth-order valence-corrected chi connectivity index (χ4v) is 1.94. The van der Waals surface area contributed by atoms with E-state index in [-0.39, 0.29) is 5.91 Å². The smallest absolute Gasteiger partial charge is 0.257 e. The summed E-state index contributed by atoms with van der Waals surface area (Å²) < 4.78 is 0. The van der Waals surface area contributed by atoms with E-state index in [1.165, 1.54) is 0 Å². The molecule has 0 aliphatic heterocycles. The fraction of sp³-hybridized carbons (Fsp3) is 0.188. The van der Waals surface area contributed by atoms with E-state index in [0.29, 0.717) is 5.56 Å². The first-order valence-electron chi connectivity index (χ1n) is 6.47. The molecule has 0 aromatic heterocycles. The average Bonchev–Trinajstić information content (AvgIpc) is 2.47. The van der Waals surface area contributed by atoms with Gasteiger partial charge in [-0.2, -0.15) is 0 Å². The molecule has 0 atom stereocenters. The molecule has 0 spiro atoms. The van der Waals surface area contributed by atoms with Crippen molar-refractivity contribution in [1.82, 2.24) is 0 Å². The Morgan fingerprint density at radius 1 is 1.00 bits per heavy atom. The molecule has 4 nitrogen and oxygen atoms in total.